The van der Waals surface area contributed by atoms with Crippen molar-refractivity contribution >= 4 is 17.7 Å². The number of fused-ring (bicyclic) bond motifs is 3. The minimum absolute atomic E-state index is 0.0359. The summed E-state index contributed by atoms with van der Waals surface area (Å²) in [5.41, 5.74) is 1.41. The zero-order chi connectivity index (χ0) is 48.2. The van der Waals surface area contributed by atoms with E-state index in [1.807, 2.05) is 58.1 Å². The lowest BCUT2D eigenvalue weighted by Gasteiger charge is -2.43. The van der Waals surface area contributed by atoms with E-state index in [-0.39, 0.29) is 49.2 Å². The number of hydrogen-bond donors (Lipinski definition) is 5. The molecule has 17 atom stereocenters. The highest BCUT2D eigenvalue weighted by molar-refractivity contribution is 6.39. The lowest BCUT2D eigenvalue weighted by molar-refractivity contribution is -0.265. The Balaban J connectivity index is 1.70. The number of Topliss-reactive ketones (excluding diaryl/α,β-unsaturated/α-hetero) is 1. The number of methoxy groups -OCH3 is 3. The van der Waals surface area contributed by atoms with Crippen molar-refractivity contribution in [1.29, 1.82) is 0 Å². The summed E-state index contributed by atoms with van der Waals surface area (Å²) in [5.74, 6) is -6.69. The van der Waals surface area contributed by atoms with E-state index < -0.39 is 90.2 Å². The molecule has 0 spiro atoms. The van der Waals surface area contributed by atoms with Gasteiger partial charge in [0.25, 0.3) is 11.7 Å². The topological polar surface area (TPSA) is 202 Å². The van der Waals surface area contributed by atoms with E-state index in [0.717, 1.165) is 12.0 Å². The van der Waals surface area contributed by atoms with Crippen molar-refractivity contribution < 1.29 is 63.6 Å². The minimum Gasteiger partial charge on any atom is -0.460 e. The Hall–Kier alpha value is -2.79. The number of cyclic esters (lactones) is 1. The number of aliphatic hydroxyl groups excluding tert-OH is 4. The third kappa shape index (κ3) is 14.6. The molecule has 4 rings (SSSR count). The van der Waals surface area contributed by atoms with E-state index in [1.54, 1.807) is 34.1 Å². The average molecular weight is 918 g/mol. The molecule has 4 aliphatic rings. The molecular formula is C51H83NO13. The van der Waals surface area contributed by atoms with E-state index in [0.29, 0.717) is 63.4 Å². The number of carbonyl (C=O) groups is 3. The van der Waals surface area contributed by atoms with Crippen LogP contribution in [0.3, 0.4) is 0 Å². The molecule has 3 fully saturated rings. The van der Waals surface area contributed by atoms with Crippen LogP contribution in [0.2, 0.25) is 0 Å². The van der Waals surface area contributed by atoms with Gasteiger partial charge in [-0.1, -0.05) is 71.1 Å². The molecule has 1 aliphatic carbocycles. The third-order valence-electron chi connectivity index (χ3n) is 14.9. The van der Waals surface area contributed by atoms with Crippen molar-refractivity contribution in [3.63, 3.8) is 0 Å². The Morgan fingerprint density at radius 1 is 0.815 bits per heavy atom. The molecule has 14 nitrogen and oxygen atoms in total. The Kier molecular flexibility index (Phi) is 21.5. The molecule has 1 saturated carbocycles. The monoisotopic (exact) mass is 918 g/mol. The Morgan fingerprint density at radius 2 is 1.54 bits per heavy atom. The van der Waals surface area contributed by atoms with E-state index in [9.17, 15) is 39.9 Å². The van der Waals surface area contributed by atoms with Crippen molar-refractivity contribution in [2.75, 3.05) is 27.9 Å². The Labute approximate surface area is 388 Å². The number of amides is 1. The van der Waals surface area contributed by atoms with Gasteiger partial charge in [-0.15, -0.1) is 0 Å². The molecule has 2 bridgehead atoms. The summed E-state index contributed by atoms with van der Waals surface area (Å²) in [6, 6.07) is -1.10. The van der Waals surface area contributed by atoms with Crippen LogP contribution >= 0.6 is 0 Å². The van der Waals surface area contributed by atoms with Crippen LogP contribution in [0.1, 0.15) is 126 Å². The van der Waals surface area contributed by atoms with Gasteiger partial charge in [0.05, 0.1) is 36.6 Å². The normalized spacial score (nSPS) is 42.7. The number of nitrogens with zero attached hydrogens (tertiary/aromatic N) is 1. The van der Waals surface area contributed by atoms with Gasteiger partial charge in [-0.05, 0) is 113 Å². The van der Waals surface area contributed by atoms with E-state index >= 15 is 0 Å². The van der Waals surface area contributed by atoms with Gasteiger partial charge in [0.1, 0.15) is 24.4 Å². The van der Waals surface area contributed by atoms with Crippen LogP contribution in [0.15, 0.2) is 47.6 Å². The van der Waals surface area contributed by atoms with E-state index in [2.05, 4.69) is 6.92 Å². The highest BCUT2D eigenvalue weighted by atomic mass is 16.6. The predicted molar refractivity (Wildman–Crippen MR) is 247 cm³/mol. The van der Waals surface area contributed by atoms with Gasteiger partial charge in [-0.3, -0.25) is 9.59 Å². The van der Waals surface area contributed by atoms with Crippen molar-refractivity contribution in [3.05, 3.63) is 47.6 Å². The van der Waals surface area contributed by atoms with Crippen LogP contribution in [0.4, 0.5) is 0 Å². The average Bonchev–Trinajstić information content (AvgIpc) is 3.28. The minimum atomic E-state index is -2.41. The molecule has 5 N–H and O–H groups in total. The first-order valence-electron chi connectivity index (χ1n) is 24.2. The highest BCUT2D eigenvalue weighted by Crippen LogP contribution is 2.38. The first kappa shape index (κ1) is 54.8. The number of ether oxygens (including phenoxy) is 5. The second-order valence-electron chi connectivity index (χ2n) is 20.0. The molecule has 0 aromatic heterocycles. The summed E-state index contributed by atoms with van der Waals surface area (Å²) in [5, 5.41) is 57.2. The second-order valence-corrected chi connectivity index (χ2v) is 20.0. The van der Waals surface area contributed by atoms with Crippen LogP contribution < -0.4 is 0 Å². The SMILES string of the molecule is CO[C@H]1[C@@H](O)[C@H](C)C[C@H](C)/C=C/C=C/C=C(\C)[C@@H](OC)C[C@@H]2CC[C@@H](C)[C@@](O)(O2)C(=O)C(=O)N2CCCC[C@H]2C(=O)OC([C@H](C)CC2CC[C@@H](O)[C@H](OC)C2)C[C@H](O)[C@H](C)/C=C(\C)[C@H]1O. The Morgan fingerprint density at radius 3 is 2.22 bits per heavy atom. The molecule has 3 heterocycles. The van der Waals surface area contributed by atoms with Crippen LogP contribution in [0.5, 0.6) is 0 Å². The smallest absolute Gasteiger partial charge is 0.329 e. The quantitative estimate of drug-likeness (QED) is 0.122. The highest BCUT2D eigenvalue weighted by Gasteiger charge is 2.53. The molecule has 3 aliphatic heterocycles. The van der Waals surface area contributed by atoms with Gasteiger partial charge in [0.2, 0.25) is 5.79 Å². The summed E-state index contributed by atoms with van der Waals surface area (Å²) in [4.78, 5) is 44.1. The number of hydrogen-bond acceptors (Lipinski definition) is 13. The van der Waals surface area contributed by atoms with Crippen LogP contribution in [-0.4, -0.2) is 143 Å². The van der Waals surface area contributed by atoms with Gasteiger partial charge in [-0.25, -0.2) is 4.79 Å². The molecule has 65 heavy (non-hydrogen) atoms. The number of allylic oxidation sites excluding steroid dienone is 5. The number of piperidine rings is 1. The number of ketones is 1. The zero-order valence-electron chi connectivity index (χ0n) is 40.8. The van der Waals surface area contributed by atoms with Gasteiger partial charge in [-0.2, -0.15) is 0 Å². The van der Waals surface area contributed by atoms with Crippen LogP contribution in [-0.2, 0) is 38.1 Å². The Bertz CT molecular complexity index is 1660. The van der Waals surface area contributed by atoms with Crippen molar-refractivity contribution in [1.82, 2.24) is 4.90 Å². The summed E-state index contributed by atoms with van der Waals surface area (Å²) in [6.07, 6.45) is 10.6. The maximum absolute atomic E-state index is 14.4. The number of esters is 1. The predicted octanol–water partition coefficient (Wildman–Crippen LogP) is 5.76. The maximum Gasteiger partial charge on any atom is 0.329 e. The summed E-state index contributed by atoms with van der Waals surface area (Å²) >= 11 is 0. The molecule has 14 heteroatoms. The van der Waals surface area contributed by atoms with E-state index in [4.69, 9.17) is 23.7 Å². The van der Waals surface area contributed by atoms with E-state index in [1.165, 1.54) is 12.0 Å². The van der Waals surface area contributed by atoms with Crippen molar-refractivity contribution in [2.45, 2.75) is 192 Å². The standard InChI is InChI=1S/C51H83NO13/c1-30-16-12-11-13-17-31(2)42(61-8)28-38-21-19-36(7)51(60,65-38)48(57)49(58)52-23-15-14-18-39(52)50(59)64-43(33(4)26-37-20-22-40(53)44(27-37)62-9)29-41(54)32(3)25-35(6)46(56)47(63-10)45(55)34(5)24-30/h11-13,16-17,25,30,32-34,36-47,53-56,60H,14-15,18-24,26-29H2,1-10H3/b13-11+,16-12+,31-17+,35-25+/t30-,32-,33-,34-,36-,37?,38+,39+,40-,41+,42+,43?,44-,45+,46-,47+,51-/m1/s1. The molecule has 0 aromatic rings. The molecule has 2 unspecified atom stereocenters. The molecule has 0 aromatic carbocycles. The molecule has 370 valence electrons. The number of rotatable bonds is 6. The largest absolute Gasteiger partial charge is 0.460 e. The fourth-order valence-corrected chi connectivity index (χ4v) is 10.4. The zero-order valence-corrected chi connectivity index (χ0v) is 40.8. The third-order valence-corrected chi connectivity index (χ3v) is 14.9. The van der Waals surface area contributed by atoms with Gasteiger partial charge in [0, 0.05) is 52.6 Å². The summed E-state index contributed by atoms with van der Waals surface area (Å²) in [6.45, 7) is 13.2. The molecule has 0 radical (unpaired) electrons. The van der Waals surface area contributed by atoms with Crippen LogP contribution in [0.25, 0.3) is 0 Å². The molecular weight excluding hydrogens is 835 g/mol. The fourth-order valence-electron chi connectivity index (χ4n) is 10.4. The summed E-state index contributed by atoms with van der Waals surface area (Å²) in [7, 11) is 4.63. The first-order valence-corrected chi connectivity index (χ1v) is 24.2. The second kappa shape index (κ2) is 25.5. The fraction of sp³-hybridized carbons (Fsp3) is 0.784. The number of aliphatic hydroxyl groups is 5. The number of carbonyl (C=O) groups excluding carboxylic acids is 3. The van der Waals surface area contributed by atoms with Crippen LogP contribution in [0, 0.1) is 35.5 Å². The van der Waals surface area contributed by atoms with Crippen molar-refractivity contribution in [3.8, 4) is 0 Å². The lowest BCUT2D eigenvalue weighted by atomic mass is 9.78. The van der Waals surface area contributed by atoms with Gasteiger partial charge >= 0.3 is 5.97 Å². The summed E-state index contributed by atoms with van der Waals surface area (Å²) < 4.78 is 29.6. The van der Waals surface area contributed by atoms with Gasteiger partial charge < -0.3 is 54.1 Å². The molecule has 2 saturated heterocycles. The first-order chi connectivity index (χ1) is 30.7. The lowest BCUT2D eigenvalue weighted by Crippen LogP contribution is -2.61. The molecule has 1 amide bonds. The maximum atomic E-state index is 14.4. The van der Waals surface area contributed by atoms with Gasteiger partial charge in [0.15, 0.2) is 0 Å². The van der Waals surface area contributed by atoms with Crippen molar-refractivity contribution in [2.24, 2.45) is 35.5 Å².